The summed E-state index contributed by atoms with van der Waals surface area (Å²) in [4.78, 5) is 43.4. The minimum atomic E-state index is -0.246. The van der Waals surface area contributed by atoms with E-state index in [0.717, 1.165) is 21.9 Å². The van der Waals surface area contributed by atoms with Crippen LogP contribution in [0.4, 0.5) is 5.69 Å². The number of aromatic nitrogens is 1. The van der Waals surface area contributed by atoms with Crippen molar-refractivity contribution in [2.75, 3.05) is 4.90 Å². The highest BCUT2D eigenvalue weighted by Gasteiger charge is 2.66. The molecule has 2 amide bonds. The summed E-state index contributed by atoms with van der Waals surface area (Å²) in [6, 6.07) is 7.59. The number of fused-ring (bicyclic) bond motifs is 9. The zero-order valence-corrected chi connectivity index (χ0v) is 16.1. The van der Waals surface area contributed by atoms with Crippen LogP contribution in [-0.4, -0.2) is 22.0 Å². The van der Waals surface area contributed by atoms with E-state index >= 15 is 0 Å². The van der Waals surface area contributed by atoms with Gasteiger partial charge in [-0.2, -0.15) is 0 Å². The Bertz CT molecular complexity index is 1100. The van der Waals surface area contributed by atoms with E-state index in [4.69, 9.17) is 0 Å². The summed E-state index contributed by atoms with van der Waals surface area (Å²) in [5, 5.41) is 1.11. The molecule has 7 heteroatoms. The summed E-state index contributed by atoms with van der Waals surface area (Å²) in [5.41, 5.74) is 3.03. The molecule has 2 aliphatic heterocycles. The first-order chi connectivity index (χ1) is 13.0. The lowest BCUT2D eigenvalue weighted by Crippen LogP contribution is -2.34. The quantitative estimate of drug-likeness (QED) is 0.752. The number of rotatable bonds is 1. The van der Waals surface area contributed by atoms with Gasteiger partial charge in [0.1, 0.15) is 0 Å². The van der Waals surface area contributed by atoms with Crippen molar-refractivity contribution >= 4 is 46.7 Å². The summed E-state index contributed by atoms with van der Waals surface area (Å²) in [6.45, 7) is 1.99. The average molecular weight is 396 g/mol. The Kier molecular flexibility index (Phi) is 3.08. The molecular formula is C20H16N2O3S2. The molecule has 136 valence electrons. The van der Waals surface area contributed by atoms with E-state index in [1.54, 1.807) is 11.8 Å². The van der Waals surface area contributed by atoms with Crippen LogP contribution in [0.25, 0.3) is 6.08 Å². The van der Waals surface area contributed by atoms with Crippen LogP contribution in [0.5, 0.6) is 0 Å². The largest absolute Gasteiger partial charge is 0.307 e. The number of amides is 2. The molecule has 0 spiro atoms. The smallest absolute Gasteiger partial charge is 0.305 e. The van der Waals surface area contributed by atoms with Gasteiger partial charge < -0.3 is 4.98 Å². The number of nitrogens with one attached hydrogen (secondary N) is 1. The van der Waals surface area contributed by atoms with Crippen LogP contribution in [0, 0.1) is 30.6 Å². The van der Waals surface area contributed by atoms with Crippen LogP contribution >= 0.6 is 23.1 Å². The fourth-order valence-corrected chi connectivity index (χ4v) is 7.81. The number of anilines is 1. The summed E-state index contributed by atoms with van der Waals surface area (Å²) in [5.74, 6) is -0.298. The van der Waals surface area contributed by atoms with Gasteiger partial charge in [-0.3, -0.25) is 19.3 Å². The van der Waals surface area contributed by atoms with Crippen LogP contribution in [0.15, 0.2) is 39.7 Å². The van der Waals surface area contributed by atoms with E-state index in [-0.39, 0.29) is 45.6 Å². The lowest BCUT2D eigenvalue weighted by Gasteiger charge is -2.32. The Labute approximate surface area is 163 Å². The molecule has 6 rings (SSSR count). The highest BCUT2D eigenvalue weighted by atomic mass is 32.2. The molecule has 5 nitrogen and oxygen atoms in total. The standard InChI is InChI=1S/C20H16N2O3S2/c1-8-2-4-9(5-3-8)22-18(23)14-10-6-12(15(14)19(22)24)16-11(10)7-13-17(27-16)21-20(25)26-13/h2-5,7,10,12,14-16H,6H2,1H3,(H,21,25)/t10-,12-,14+,15+,16-/m1/s1. The van der Waals surface area contributed by atoms with Crippen molar-refractivity contribution in [1.29, 1.82) is 0 Å². The molecule has 1 saturated heterocycles. The summed E-state index contributed by atoms with van der Waals surface area (Å²) >= 11 is 2.89. The molecule has 2 aliphatic carbocycles. The predicted molar refractivity (Wildman–Crippen MR) is 105 cm³/mol. The third-order valence-electron chi connectivity index (χ3n) is 6.44. The molecule has 3 fully saturated rings. The molecule has 27 heavy (non-hydrogen) atoms. The summed E-state index contributed by atoms with van der Waals surface area (Å²) < 4.78 is 0. The van der Waals surface area contributed by atoms with Crippen molar-refractivity contribution in [2.24, 2.45) is 23.7 Å². The number of H-pyrrole nitrogens is 1. The maximum absolute atomic E-state index is 13.2. The number of imide groups is 1. The van der Waals surface area contributed by atoms with Crippen molar-refractivity contribution in [1.82, 2.24) is 4.98 Å². The number of thioether (sulfide) groups is 1. The fourth-order valence-electron chi connectivity index (χ4n) is 5.37. The number of carbonyl (C=O) groups excluding carboxylic acids is 2. The number of carbonyl (C=O) groups is 2. The van der Waals surface area contributed by atoms with Crippen LogP contribution in [0.1, 0.15) is 16.9 Å². The van der Waals surface area contributed by atoms with Gasteiger partial charge in [-0.15, -0.1) is 0 Å². The maximum atomic E-state index is 13.2. The van der Waals surface area contributed by atoms with Crippen LogP contribution in [0.2, 0.25) is 0 Å². The molecule has 5 atom stereocenters. The van der Waals surface area contributed by atoms with Crippen LogP contribution in [-0.2, 0) is 9.59 Å². The number of aromatic amines is 1. The molecule has 1 aromatic carbocycles. The number of thiazole rings is 1. The van der Waals surface area contributed by atoms with Crippen molar-refractivity contribution in [3.05, 3.63) is 49.9 Å². The number of hydrogen-bond donors (Lipinski definition) is 1. The summed E-state index contributed by atoms with van der Waals surface area (Å²) in [7, 11) is 0. The number of nitrogens with zero attached hydrogens (tertiary/aromatic N) is 1. The second kappa shape index (κ2) is 5.23. The molecule has 4 aliphatic rings. The van der Waals surface area contributed by atoms with Gasteiger partial charge >= 0.3 is 4.87 Å². The Morgan fingerprint density at radius 1 is 1.07 bits per heavy atom. The van der Waals surface area contributed by atoms with E-state index in [0.29, 0.717) is 5.69 Å². The first kappa shape index (κ1) is 15.9. The third kappa shape index (κ3) is 1.99. The van der Waals surface area contributed by atoms with Crippen molar-refractivity contribution < 1.29 is 9.59 Å². The number of benzene rings is 1. The van der Waals surface area contributed by atoms with Gasteiger partial charge in [-0.1, -0.05) is 46.4 Å². The zero-order valence-electron chi connectivity index (χ0n) is 14.5. The topological polar surface area (TPSA) is 70.2 Å². The highest BCUT2D eigenvalue weighted by Crippen LogP contribution is 2.64. The van der Waals surface area contributed by atoms with Crippen LogP contribution in [0.3, 0.4) is 0 Å². The molecule has 2 bridgehead atoms. The van der Waals surface area contributed by atoms with E-state index in [9.17, 15) is 14.4 Å². The Balaban J connectivity index is 1.41. The molecule has 3 heterocycles. The Morgan fingerprint density at radius 2 is 1.81 bits per heavy atom. The highest BCUT2D eigenvalue weighted by molar-refractivity contribution is 8.00. The van der Waals surface area contributed by atoms with E-state index in [1.165, 1.54) is 21.8 Å². The molecule has 2 aromatic rings. The second-order valence-electron chi connectivity index (χ2n) is 7.80. The lowest BCUT2D eigenvalue weighted by molar-refractivity contribution is -0.123. The van der Waals surface area contributed by atoms with E-state index in [1.807, 2.05) is 31.2 Å². The number of aryl methyl sites for hydroxylation is 1. The Morgan fingerprint density at radius 3 is 2.59 bits per heavy atom. The third-order valence-corrected chi connectivity index (χ3v) is 8.83. The lowest BCUT2D eigenvalue weighted by atomic mass is 9.77. The van der Waals surface area contributed by atoms with E-state index in [2.05, 4.69) is 11.1 Å². The van der Waals surface area contributed by atoms with E-state index < -0.39 is 0 Å². The molecule has 2 saturated carbocycles. The van der Waals surface area contributed by atoms with Gasteiger partial charge in [0, 0.05) is 5.25 Å². The van der Waals surface area contributed by atoms with Crippen molar-refractivity contribution in [3.8, 4) is 0 Å². The molecule has 1 aromatic heterocycles. The van der Waals surface area contributed by atoms with Crippen LogP contribution < -0.4 is 9.77 Å². The monoisotopic (exact) mass is 396 g/mol. The first-order valence-corrected chi connectivity index (χ1v) is 10.8. The van der Waals surface area contributed by atoms with Gasteiger partial charge in [0.15, 0.2) is 0 Å². The predicted octanol–water partition coefficient (Wildman–Crippen LogP) is 3.06. The van der Waals surface area contributed by atoms with Gasteiger partial charge in [0.2, 0.25) is 11.8 Å². The SMILES string of the molecule is Cc1ccc(N2C(=O)[C@@H]3[C@@H](C2=O)[C@H]2C[C@@H]3C3=Cc4sc(=O)[nH]c4S[C@H]32)cc1. The first-order valence-electron chi connectivity index (χ1n) is 9.08. The minimum absolute atomic E-state index is 0.0467. The fraction of sp³-hybridized carbons (Fsp3) is 0.350. The zero-order chi connectivity index (χ0) is 18.4. The average Bonchev–Trinajstić information content (AvgIpc) is 3.35. The summed E-state index contributed by atoms with van der Waals surface area (Å²) in [6.07, 6.45) is 3.00. The second-order valence-corrected chi connectivity index (χ2v) is 9.96. The normalized spacial score (nSPS) is 33.1. The Hall–Kier alpha value is -2.12. The van der Waals surface area contributed by atoms with Gasteiger partial charge in [0.25, 0.3) is 0 Å². The van der Waals surface area contributed by atoms with Gasteiger partial charge in [-0.05, 0) is 43.4 Å². The maximum Gasteiger partial charge on any atom is 0.305 e. The molecule has 0 radical (unpaired) electrons. The minimum Gasteiger partial charge on any atom is -0.307 e. The van der Waals surface area contributed by atoms with Gasteiger partial charge in [0.05, 0.1) is 27.4 Å². The molecule has 0 unspecified atom stereocenters. The van der Waals surface area contributed by atoms with Gasteiger partial charge in [-0.25, -0.2) is 0 Å². The van der Waals surface area contributed by atoms with Crippen molar-refractivity contribution in [2.45, 2.75) is 23.6 Å². The number of hydrogen-bond acceptors (Lipinski definition) is 5. The van der Waals surface area contributed by atoms with Crippen molar-refractivity contribution in [3.63, 3.8) is 0 Å². The molecular weight excluding hydrogens is 380 g/mol. The molecule has 1 N–H and O–H groups in total.